The van der Waals surface area contributed by atoms with E-state index in [9.17, 15) is 5.11 Å². The molecule has 4 aromatic carbocycles. The molecule has 0 spiro atoms. The Morgan fingerprint density at radius 3 is 2.05 bits per heavy atom. The van der Waals surface area contributed by atoms with Crippen LogP contribution in [0, 0.1) is 0 Å². The lowest BCUT2D eigenvalue weighted by atomic mass is 9.98. The Kier molecular flexibility index (Phi) is 5.69. The first kappa shape index (κ1) is 22.6. The van der Waals surface area contributed by atoms with Crippen molar-refractivity contribution in [3.8, 4) is 34.2 Å². The van der Waals surface area contributed by atoms with Gasteiger partial charge in [-0.15, -0.1) is 0 Å². The van der Waals surface area contributed by atoms with Gasteiger partial charge in [-0.1, -0.05) is 60.7 Å². The smallest absolute Gasteiger partial charge is 0.164 e. The molecule has 0 radical (unpaired) electrons. The maximum atomic E-state index is 10.8. The molecule has 6 nitrogen and oxygen atoms in total. The molecule has 0 saturated heterocycles. The average Bonchev–Trinajstić information content (AvgIpc) is 3.31. The quantitative estimate of drug-likeness (QED) is 0.288. The van der Waals surface area contributed by atoms with Crippen LogP contribution in [0.25, 0.3) is 38.8 Å². The number of hydrogen-bond donors (Lipinski definition) is 1. The molecule has 0 aliphatic rings. The van der Waals surface area contributed by atoms with Gasteiger partial charge >= 0.3 is 0 Å². The van der Waals surface area contributed by atoms with Crippen LogP contribution in [0.1, 0.15) is 11.3 Å². The van der Waals surface area contributed by atoms with E-state index in [1.807, 2.05) is 77.5 Å². The van der Waals surface area contributed by atoms with Gasteiger partial charge in [-0.05, 0) is 42.0 Å². The highest BCUT2D eigenvalue weighted by atomic mass is 16.5. The SMILES string of the molecule is COc1cc2c(-c3ccccc3O)nc3c(c(Cc4ccccc4)nn3-c3ccccc3)c2cc1OC. The minimum absolute atomic E-state index is 0.153. The first-order valence-corrected chi connectivity index (χ1v) is 12.0. The molecule has 0 fully saturated rings. The van der Waals surface area contributed by atoms with Crippen LogP contribution in [0.15, 0.2) is 97.1 Å². The van der Waals surface area contributed by atoms with Crippen molar-refractivity contribution >= 4 is 21.8 Å². The largest absolute Gasteiger partial charge is 0.507 e. The lowest BCUT2D eigenvalue weighted by Crippen LogP contribution is -1.99. The Labute approximate surface area is 214 Å². The summed E-state index contributed by atoms with van der Waals surface area (Å²) in [7, 11) is 3.24. The summed E-state index contributed by atoms with van der Waals surface area (Å²) in [5, 5.41) is 18.6. The van der Waals surface area contributed by atoms with Gasteiger partial charge in [0.15, 0.2) is 17.1 Å². The highest BCUT2D eigenvalue weighted by Gasteiger charge is 2.23. The van der Waals surface area contributed by atoms with Crippen LogP contribution in [0.4, 0.5) is 0 Å². The minimum Gasteiger partial charge on any atom is -0.507 e. The first-order valence-electron chi connectivity index (χ1n) is 12.0. The van der Waals surface area contributed by atoms with Crippen molar-refractivity contribution in [3.05, 3.63) is 108 Å². The van der Waals surface area contributed by atoms with Crippen molar-refractivity contribution in [2.75, 3.05) is 14.2 Å². The highest BCUT2D eigenvalue weighted by Crippen LogP contribution is 2.42. The number of rotatable bonds is 6. The predicted octanol–water partition coefficient (Wildman–Crippen LogP) is 6.55. The van der Waals surface area contributed by atoms with E-state index < -0.39 is 0 Å². The van der Waals surface area contributed by atoms with Crippen LogP contribution >= 0.6 is 0 Å². The predicted molar refractivity (Wildman–Crippen MR) is 146 cm³/mol. The van der Waals surface area contributed by atoms with Crippen LogP contribution < -0.4 is 9.47 Å². The molecule has 0 aliphatic heterocycles. The Hall–Kier alpha value is -4.84. The van der Waals surface area contributed by atoms with Gasteiger partial charge in [-0.2, -0.15) is 5.10 Å². The molecule has 6 aromatic rings. The maximum Gasteiger partial charge on any atom is 0.164 e. The molecule has 6 heteroatoms. The normalized spacial score (nSPS) is 11.2. The standard InChI is InChI=1S/C31H25N3O3/c1-36-27-18-23-24(19-28(27)37-2)30(22-15-9-10-16-26(22)35)32-31-29(23)25(17-20-11-5-3-6-12-20)33-34(31)21-13-7-4-8-14-21/h3-16,18-19,35H,17H2,1-2H3. The zero-order valence-corrected chi connectivity index (χ0v) is 20.6. The Balaban J connectivity index is 1.76. The van der Waals surface area contributed by atoms with Gasteiger partial charge in [0, 0.05) is 22.8 Å². The molecule has 0 aliphatic carbocycles. The number of nitrogens with zero attached hydrogens (tertiary/aromatic N) is 3. The third kappa shape index (κ3) is 3.93. The number of phenolic OH excluding ortho intramolecular Hbond substituents is 1. The fraction of sp³-hybridized carbons (Fsp3) is 0.0968. The van der Waals surface area contributed by atoms with Gasteiger partial charge < -0.3 is 14.6 Å². The number of phenols is 1. The van der Waals surface area contributed by atoms with Crippen LogP contribution in [0.3, 0.4) is 0 Å². The van der Waals surface area contributed by atoms with E-state index in [-0.39, 0.29) is 5.75 Å². The molecule has 2 heterocycles. The van der Waals surface area contributed by atoms with Gasteiger partial charge in [0.1, 0.15) is 5.75 Å². The van der Waals surface area contributed by atoms with Crippen LogP contribution in [0.5, 0.6) is 17.2 Å². The fourth-order valence-corrected chi connectivity index (χ4v) is 4.82. The number of aromatic hydroxyl groups is 1. The van der Waals surface area contributed by atoms with E-state index in [1.165, 1.54) is 0 Å². The zero-order chi connectivity index (χ0) is 25.4. The summed E-state index contributed by atoms with van der Waals surface area (Å²) in [6.45, 7) is 0. The zero-order valence-electron chi connectivity index (χ0n) is 20.6. The lowest BCUT2D eigenvalue weighted by Gasteiger charge is -2.14. The summed E-state index contributed by atoms with van der Waals surface area (Å²) in [5.74, 6) is 1.36. The second kappa shape index (κ2) is 9.32. The number of ether oxygens (including phenoxy) is 2. The number of pyridine rings is 1. The van der Waals surface area contributed by atoms with Gasteiger partial charge in [0.2, 0.25) is 0 Å². The summed E-state index contributed by atoms with van der Waals surface area (Å²) in [6.07, 6.45) is 0.637. The molecule has 0 saturated carbocycles. The molecule has 0 unspecified atom stereocenters. The second-order valence-electron chi connectivity index (χ2n) is 8.79. The summed E-state index contributed by atoms with van der Waals surface area (Å²) in [4.78, 5) is 5.15. The average molecular weight is 488 g/mol. The minimum atomic E-state index is 0.153. The molecule has 2 aromatic heterocycles. The third-order valence-electron chi connectivity index (χ3n) is 6.57. The molecule has 6 rings (SSSR count). The summed E-state index contributed by atoms with van der Waals surface area (Å²) < 4.78 is 13.2. The Morgan fingerprint density at radius 1 is 0.757 bits per heavy atom. The summed E-state index contributed by atoms with van der Waals surface area (Å²) in [6, 6.07) is 31.4. The van der Waals surface area contributed by atoms with Crippen molar-refractivity contribution in [1.29, 1.82) is 0 Å². The molecule has 0 amide bonds. The molecule has 0 bridgehead atoms. The van der Waals surface area contributed by atoms with Gasteiger partial charge in [0.25, 0.3) is 0 Å². The topological polar surface area (TPSA) is 69.4 Å². The van der Waals surface area contributed by atoms with Crippen LogP contribution in [-0.2, 0) is 6.42 Å². The molecule has 182 valence electrons. The monoisotopic (exact) mass is 487 g/mol. The number of para-hydroxylation sites is 2. The van der Waals surface area contributed by atoms with Crippen molar-refractivity contribution < 1.29 is 14.6 Å². The van der Waals surface area contributed by atoms with Gasteiger partial charge in [-0.25, -0.2) is 9.67 Å². The summed E-state index contributed by atoms with van der Waals surface area (Å²) in [5.41, 5.74) is 4.94. The molecule has 37 heavy (non-hydrogen) atoms. The number of hydrogen-bond acceptors (Lipinski definition) is 5. The number of benzene rings is 4. The van der Waals surface area contributed by atoms with E-state index in [0.29, 0.717) is 34.8 Å². The van der Waals surface area contributed by atoms with E-state index in [0.717, 1.165) is 33.1 Å². The number of fused-ring (bicyclic) bond motifs is 3. The van der Waals surface area contributed by atoms with Crippen LogP contribution in [-0.4, -0.2) is 34.1 Å². The van der Waals surface area contributed by atoms with E-state index >= 15 is 0 Å². The van der Waals surface area contributed by atoms with Crippen molar-refractivity contribution in [1.82, 2.24) is 14.8 Å². The summed E-state index contributed by atoms with van der Waals surface area (Å²) >= 11 is 0. The molecule has 0 atom stereocenters. The van der Waals surface area contributed by atoms with Gasteiger partial charge in [0.05, 0.1) is 36.7 Å². The van der Waals surface area contributed by atoms with Crippen molar-refractivity contribution in [3.63, 3.8) is 0 Å². The molecular formula is C31H25N3O3. The van der Waals surface area contributed by atoms with Gasteiger partial charge in [-0.3, -0.25) is 0 Å². The van der Waals surface area contributed by atoms with Crippen LogP contribution in [0.2, 0.25) is 0 Å². The van der Waals surface area contributed by atoms with E-state index in [1.54, 1.807) is 26.4 Å². The fourth-order valence-electron chi connectivity index (χ4n) is 4.82. The third-order valence-corrected chi connectivity index (χ3v) is 6.57. The Bertz CT molecular complexity index is 1730. The lowest BCUT2D eigenvalue weighted by molar-refractivity contribution is 0.356. The van der Waals surface area contributed by atoms with Crippen molar-refractivity contribution in [2.24, 2.45) is 0 Å². The maximum absolute atomic E-state index is 10.8. The molecule has 1 N–H and O–H groups in total. The Morgan fingerprint density at radius 2 is 1.38 bits per heavy atom. The number of aromatic nitrogens is 3. The highest BCUT2D eigenvalue weighted by molar-refractivity contribution is 6.13. The molecular weight excluding hydrogens is 462 g/mol. The van der Waals surface area contributed by atoms with E-state index in [2.05, 4.69) is 12.1 Å². The first-order chi connectivity index (χ1) is 18.2. The number of methoxy groups -OCH3 is 2. The van der Waals surface area contributed by atoms with Crippen molar-refractivity contribution in [2.45, 2.75) is 6.42 Å². The van der Waals surface area contributed by atoms with E-state index in [4.69, 9.17) is 19.6 Å². The second-order valence-corrected chi connectivity index (χ2v) is 8.79.